The van der Waals surface area contributed by atoms with Crippen molar-refractivity contribution in [1.82, 2.24) is 9.88 Å². The number of nitrogens with zero attached hydrogens (tertiary/aromatic N) is 2. The van der Waals surface area contributed by atoms with Crippen LogP contribution in [0.3, 0.4) is 0 Å². The number of nitrogens with one attached hydrogen (secondary N) is 1. The number of rotatable bonds is 4. The van der Waals surface area contributed by atoms with Gasteiger partial charge in [0, 0.05) is 0 Å². The molecule has 0 bridgehead atoms. The number of hydrogen-bond donors (Lipinski definition) is 1. The highest BCUT2D eigenvalue weighted by atomic mass is 35.5. The lowest BCUT2D eigenvalue weighted by Crippen LogP contribution is -2.33. The number of para-hydroxylation sites is 1. The average Bonchev–Trinajstić information content (AvgIpc) is 3.23. The van der Waals surface area contributed by atoms with Crippen molar-refractivity contribution in [1.29, 1.82) is 0 Å². The van der Waals surface area contributed by atoms with Crippen LogP contribution in [0.25, 0.3) is 10.2 Å². The maximum absolute atomic E-state index is 13.1. The molecule has 1 atom stereocenters. The standard InChI is InChI=1S/C19H17ClFN3OS/c20-13-10-12(21)7-8-14(13)22-18(25)11-24-9-3-5-16(24)19-23-15-4-1-2-6-17(15)26-19/h1-2,4,6-8,10,16H,3,5,9,11H2,(H,22,25)/t16-/m1/s1. The summed E-state index contributed by atoms with van der Waals surface area (Å²) < 4.78 is 14.3. The number of aromatic nitrogens is 1. The fourth-order valence-corrected chi connectivity index (χ4v) is 4.64. The van der Waals surface area contributed by atoms with Gasteiger partial charge in [0.1, 0.15) is 10.8 Å². The molecule has 2 heterocycles. The van der Waals surface area contributed by atoms with E-state index in [2.05, 4.69) is 16.3 Å². The second-order valence-electron chi connectivity index (χ2n) is 6.32. The van der Waals surface area contributed by atoms with Crippen molar-refractivity contribution in [3.63, 3.8) is 0 Å². The van der Waals surface area contributed by atoms with Crippen LogP contribution in [0.2, 0.25) is 5.02 Å². The third-order valence-corrected chi connectivity index (χ3v) is 5.96. The monoisotopic (exact) mass is 389 g/mol. The predicted octanol–water partition coefficient (Wildman–Crippen LogP) is 4.86. The molecule has 1 aliphatic rings. The maximum atomic E-state index is 13.1. The molecule has 26 heavy (non-hydrogen) atoms. The number of benzene rings is 2. The normalized spacial score (nSPS) is 17.7. The van der Waals surface area contributed by atoms with Crippen molar-refractivity contribution in [2.45, 2.75) is 18.9 Å². The number of halogens is 2. The van der Waals surface area contributed by atoms with E-state index in [-0.39, 0.29) is 23.5 Å². The van der Waals surface area contributed by atoms with Crippen LogP contribution in [0, 0.1) is 5.82 Å². The molecule has 1 amide bonds. The summed E-state index contributed by atoms with van der Waals surface area (Å²) >= 11 is 7.67. The minimum absolute atomic E-state index is 0.154. The highest BCUT2D eigenvalue weighted by Gasteiger charge is 2.30. The average molecular weight is 390 g/mol. The SMILES string of the molecule is O=C(CN1CCC[C@@H]1c1nc2ccccc2s1)Nc1ccc(F)cc1Cl. The molecule has 1 N–H and O–H groups in total. The van der Waals surface area contributed by atoms with Gasteiger partial charge in [-0.05, 0) is 49.7 Å². The van der Waals surface area contributed by atoms with Crippen molar-refractivity contribution in [2.24, 2.45) is 0 Å². The summed E-state index contributed by atoms with van der Waals surface area (Å²) in [6, 6.07) is 12.2. The Balaban J connectivity index is 1.47. The van der Waals surface area contributed by atoms with Crippen LogP contribution in [0.4, 0.5) is 10.1 Å². The number of anilines is 1. The first-order valence-corrected chi connectivity index (χ1v) is 9.64. The van der Waals surface area contributed by atoms with Gasteiger partial charge in [0.15, 0.2) is 0 Å². The summed E-state index contributed by atoms with van der Waals surface area (Å²) in [5.74, 6) is -0.588. The van der Waals surface area contributed by atoms with Crippen LogP contribution >= 0.6 is 22.9 Å². The quantitative estimate of drug-likeness (QED) is 0.692. The van der Waals surface area contributed by atoms with Crippen LogP contribution in [-0.2, 0) is 4.79 Å². The largest absolute Gasteiger partial charge is 0.324 e. The van der Waals surface area contributed by atoms with Crippen molar-refractivity contribution in [3.8, 4) is 0 Å². The molecule has 0 saturated carbocycles. The third-order valence-electron chi connectivity index (χ3n) is 4.51. The Labute approximate surface area is 159 Å². The smallest absolute Gasteiger partial charge is 0.238 e. The summed E-state index contributed by atoms with van der Waals surface area (Å²) in [5, 5.41) is 4.02. The van der Waals surface area contributed by atoms with Gasteiger partial charge < -0.3 is 5.32 Å². The Hall–Kier alpha value is -2.02. The number of amides is 1. The van der Waals surface area contributed by atoms with E-state index >= 15 is 0 Å². The number of fused-ring (bicyclic) bond motifs is 1. The number of carbonyl (C=O) groups excluding carboxylic acids is 1. The van der Waals surface area contributed by atoms with Gasteiger partial charge in [0.25, 0.3) is 0 Å². The fraction of sp³-hybridized carbons (Fsp3) is 0.263. The lowest BCUT2D eigenvalue weighted by Gasteiger charge is -2.22. The molecule has 1 saturated heterocycles. The van der Waals surface area contributed by atoms with Gasteiger partial charge in [-0.3, -0.25) is 9.69 Å². The zero-order valence-electron chi connectivity index (χ0n) is 13.9. The van der Waals surface area contributed by atoms with Gasteiger partial charge >= 0.3 is 0 Å². The molecule has 3 aromatic rings. The van der Waals surface area contributed by atoms with Crippen molar-refractivity contribution in [3.05, 3.63) is 58.3 Å². The third kappa shape index (κ3) is 3.58. The number of hydrogen-bond acceptors (Lipinski definition) is 4. The van der Waals surface area contributed by atoms with Crippen molar-refractivity contribution in [2.75, 3.05) is 18.4 Å². The Morgan fingerprint density at radius 3 is 3.00 bits per heavy atom. The lowest BCUT2D eigenvalue weighted by molar-refractivity contribution is -0.117. The Morgan fingerprint density at radius 2 is 2.19 bits per heavy atom. The molecule has 4 rings (SSSR count). The second kappa shape index (κ2) is 7.31. The first-order chi connectivity index (χ1) is 12.6. The van der Waals surface area contributed by atoms with Crippen LogP contribution in [0.1, 0.15) is 23.9 Å². The van der Waals surface area contributed by atoms with Crippen LogP contribution < -0.4 is 5.32 Å². The Morgan fingerprint density at radius 1 is 1.35 bits per heavy atom. The highest BCUT2D eigenvalue weighted by molar-refractivity contribution is 7.18. The van der Waals surface area contributed by atoms with Gasteiger partial charge in [-0.1, -0.05) is 23.7 Å². The Kier molecular flexibility index (Phi) is 4.89. The van der Waals surface area contributed by atoms with E-state index in [4.69, 9.17) is 16.6 Å². The molecule has 2 aromatic carbocycles. The molecule has 4 nitrogen and oxygen atoms in total. The molecule has 134 valence electrons. The molecular weight excluding hydrogens is 373 g/mol. The minimum Gasteiger partial charge on any atom is -0.324 e. The van der Waals surface area contributed by atoms with Crippen molar-refractivity contribution >= 4 is 44.7 Å². The van der Waals surface area contributed by atoms with Crippen molar-refractivity contribution < 1.29 is 9.18 Å². The molecule has 0 radical (unpaired) electrons. The van der Waals surface area contributed by atoms with E-state index in [1.165, 1.54) is 18.2 Å². The summed E-state index contributed by atoms with van der Waals surface area (Å²) in [7, 11) is 0. The van der Waals surface area contributed by atoms with Gasteiger partial charge in [-0.15, -0.1) is 11.3 Å². The molecule has 0 aliphatic carbocycles. The van der Waals surface area contributed by atoms with Gasteiger partial charge in [0.05, 0.1) is 33.5 Å². The predicted molar refractivity (Wildman–Crippen MR) is 103 cm³/mol. The number of carbonyl (C=O) groups is 1. The van der Waals surface area contributed by atoms with E-state index in [1.807, 2.05) is 18.2 Å². The zero-order chi connectivity index (χ0) is 18.1. The summed E-state index contributed by atoms with van der Waals surface area (Å²) in [5.41, 5.74) is 1.43. The maximum Gasteiger partial charge on any atom is 0.238 e. The van der Waals surface area contributed by atoms with Crippen LogP contribution in [-0.4, -0.2) is 28.9 Å². The number of thiazole rings is 1. The van der Waals surface area contributed by atoms with Gasteiger partial charge in [0.2, 0.25) is 5.91 Å². The van der Waals surface area contributed by atoms with E-state index in [0.29, 0.717) is 5.69 Å². The molecule has 0 unspecified atom stereocenters. The molecule has 7 heteroatoms. The molecular formula is C19H17ClFN3OS. The molecule has 1 aromatic heterocycles. The molecule has 0 spiro atoms. The van der Waals surface area contributed by atoms with E-state index in [1.54, 1.807) is 11.3 Å². The van der Waals surface area contributed by atoms with Crippen LogP contribution in [0.5, 0.6) is 0 Å². The molecule has 1 aliphatic heterocycles. The summed E-state index contributed by atoms with van der Waals surface area (Å²) in [6.45, 7) is 1.11. The van der Waals surface area contributed by atoms with Gasteiger partial charge in [-0.25, -0.2) is 9.37 Å². The summed E-state index contributed by atoms with van der Waals surface area (Å²) in [4.78, 5) is 19.3. The Bertz CT molecular complexity index is 928. The highest BCUT2D eigenvalue weighted by Crippen LogP contribution is 2.36. The fourth-order valence-electron chi connectivity index (χ4n) is 3.29. The lowest BCUT2D eigenvalue weighted by atomic mass is 10.2. The van der Waals surface area contributed by atoms with E-state index in [0.717, 1.165) is 34.6 Å². The van der Waals surface area contributed by atoms with Gasteiger partial charge in [-0.2, -0.15) is 0 Å². The molecule has 1 fully saturated rings. The van der Waals surface area contributed by atoms with E-state index in [9.17, 15) is 9.18 Å². The number of likely N-dealkylation sites (tertiary alicyclic amines) is 1. The minimum atomic E-state index is -0.427. The van der Waals surface area contributed by atoms with E-state index < -0.39 is 5.82 Å². The first kappa shape index (κ1) is 17.4. The van der Waals surface area contributed by atoms with Crippen LogP contribution in [0.15, 0.2) is 42.5 Å². The first-order valence-electron chi connectivity index (χ1n) is 8.44. The second-order valence-corrected chi connectivity index (χ2v) is 7.79. The topological polar surface area (TPSA) is 45.2 Å². The zero-order valence-corrected chi connectivity index (χ0v) is 15.5. The summed E-state index contributed by atoms with van der Waals surface area (Å²) in [6.07, 6.45) is 2.02.